The van der Waals surface area contributed by atoms with Gasteiger partial charge < -0.3 is 5.32 Å². The Morgan fingerprint density at radius 2 is 1.86 bits per heavy atom. The zero-order valence-electron chi connectivity index (χ0n) is 11.4. The quantitative estimate of drug-likeness (QED) is 0.785. The van der Waals surface area contributed by atoms with Crippen molar-refractivity contribution in [3.05, 3.63) is 64.7 Å². The summed E-state index contributed by atoms with van der Waals surface area (Å²) in [4.78, 5) is 4.56. The van der Waals surface area contributed by atoms with Crippen LogP contribution < -0.4 is 5.32 Å². The molecule has 3 aromatic rings. The fraction of sp³-hybridized carbons (Fsp3) is 0.188. The molecule has 0 aliphatic heterocycles. The van der Waals surface area contributed by atoms with Crippen LogP contribution in [0.4, 0.5) is 8.78 Å². The van der Waals surface area contributed by atoms with Gasteiger partial charge in [-0.1, -0.05) is 12.1 Å². The molecule has 1 N–H and O–H groups in total. The van der Waals surface area contributed by atoms with Crippen LogP contribution in [0.3, 0.4) is 0 Å². The highest BCUT2D eigenvalue weighted by Gasteiger charge is 2.15. The maximum atomic E-state index is 13.4. The minimum Gasteiger partial charge on any atom is -0.313 e. The molecule has 1 unspecified atom stereocenters. The van der Waals surface area contributed by atoms with E-state index >= 15 is 0 Å². The van der Waals surface area contributed by atoms with Crippen LogP contribution in [-0.4, -0.2) is 12.0 Å². The van der Waals surface area contributed by atoms with Gasteiger partial charge in [-0.2, -0.15) is 0 Å². The number of fused-ring (bicyclic) bond motifs is 1. The van der Waals surface area contributed by atoms with Crippen LogP contribution in [0.15, 0.2) is 42.5 Å². The van der Waals surface area contributed by atoms with E-state index in [1.807, 2.05) is 24.3 Å². The molecule has 1 atom stereocenters. The van der Waals surface area contributed by atoms with Gasteiger partial charge in [0.2, 0.25) is 0 Å². The molecule has 0 aliphatic carbocycles. The van der Waals surface area contributed by atoms with Crippen molar-refractivity contribution in [2.24, 2.45) is 0 Å². The van der Waals surface area contributed by atoms with Gasteiger partial charge >= 0.3 is 0 Å². The highest BCUT2D eigenvalue weighted by Crippen LogP contribution is 2.26. The summed E-state index contributed by atoms with van der Waals surface area (Å²) in [5.74, 6) is -1.12. The lowest BCUT2D eigenvalue weighted by molar-refractivity contribution is 0.551. The first-order valence-corrected chi connectivity index (χ1v) is 7.45. The molecule has 108 valence electrons. The molecule has 5 heteroatoms. The van der Waals surface area contributed by atoms with Crippen LogP contribution in [0.1, 0.15) is 16.6 Å². The number of hydrogen-bond acceptors (Lipinski definition) is 3. The zero-order valence-corrected chi connectivity index (χ0v) is 12.3. The first kappa shape index (κ1) is 14.1. The lowest BCUT2D eigenvalue weighted by Crippen LogP contribution is -2.19. The molecule has 0 amide bonds. The molecule has 0 bridgehead atoms. The van der Waals surface area contributed by atoms with Gasteiger partial charge in [0.05, 0.1) is 15.2 Å². The lowest BCUT2D eigenvalue weighted by Gasteiger charge is -2.15. The van der Waals surface area contributed by atoms with Crippen LogP contribution in [0.2, 0.25) is 0 Å². The second kappa shape index (κ2) is 5.87. The highest BCUT2D eigenvalue weighted by atomic mass is 32.1. The highest BCUT2D eigenvalue weighted by molar-refractivity contribution is 7.18. The minimum absolute atomic E-state index is 0.171. The average Bonchev–Trinajstić information content (AvgIpc) is 2.86. The van der Waals surface area contributed by atoms with E-state index in [1.165, 1.54) is 12.1 Å². The maximum Gasteiger partial charge on any atom is 0.126 e. The third-order valence-corrected chi connectivity index (χ3v) is 4.41. The Morgan fingerprint density at radius 1 is 1.14 bits per heavy atom. The third kappa shape index (κ3) is 3.09. The van der Waals surface area contributed by atoms with Gasteiger partial charge in [-0.05, 0) is 36.9 Å². The summed E-state index contributed by atoms with van der Waals surface area (Å²) in [6.07, 6.45) is 0.596. The van der Waals surface area contributed by atoms with Gasteiger partial charge in [-0.25, -0.2) is 13.8 Å². The number of nitrogens with one attached hydrogen (secondary N) is 1. The molecule has 0 saturated carbocycles. The number of thiazole rings is 1. The molecular formula is C16H14F2N2S. The van der Waals surface area contributed by atoms with E-state index in [0.717, 1.165) is 21.3 Å². The number of nitrogens with zero attached hydrogens (tertiary/aromatic N) is 1. The van der Waals surface area contributed by atoms with Crippen LogP contribution in [0, 0.1) is 11.6 Å². The second-order valence-electron chi connectivity index (χ2n) is 4.82. The fourth-order valence-electron chi connectivity index (χ4n) is 2.34. The molecular weight excluding hydrogens is 290 g/mol. The van der Waals surface area contributed by atoms with E-state index in [9.17, 15) is 8.78 Å². The largest absolute Gasteiger partial charge is 0.313 e. The Labute approximate surface area is 125 Å². The summed E-state index contributed by atoms with van der Waals surface area (Å²) in [5, 5.41) is 4.04. The van der Waals surface area contributed by atoms with Crippen molar-refractivity contribution in [1.82, 2.24) is 10.3 Å². The molecule has 0 saturated heterocycles. The molecule has 1 aromatic heterocycles. The smallest absolute Gasteiger partial charge is 0.126 e. The molecule has 0 aliphatic rings. The number of benzene rings is 2. The van der Waals surface area contributed by atoms with E-state index in [4.69, 9.17) is 0 Å². The minimum atomic E-state index is -0.561. The van der Waals surface area contributed by atoms with E-state index in [1.54, 1.807) is 18.4 Å². The van der Waals surface area contributed by atoms with Crippen LogP contribution >= 0.6 is 11.3 Å². The number of halogens is 2. The first-order valence-electron chi connectivity index (χ1n) is 6.63. The fourth-order valence-corrected chi connectivity index (χ4v) is 3.36. The summed E-state index contributed by atoms with van der Waals surface area (Å²) in [5.41, 5.74) is 1.55. The molecule has 21 heavy (non-hydrogen) atoms. The summed E-state index contributed by atoms with van der Waals surface area (Å²) >= 11 is 1.61. The molecule has 2 aromatic carbocycles. The monoisotopic (exact) mass is 304 g/mol. The summed E-state index contributed by atoms with van der Waals surface area (Å²) in [6, 6.07) is 11.3. The normalized spacial score (nSPS) is 12.7. The number of likely N-dealkylation sites (N-methyl/N-ethyl adjacent to an activating group) is 1. The molecule has 1 heterocycles. The van der Waals surface area contributed by atoms with Crippen LogP contribution in [0.5, 0.6) is 0 Å². The predicted molar refractivity (Wildman–Crippen MR) is 81.5 cm³/mol. The van der Waals surface area contributed by atoms with Crippen LogP contribution in [0.25, 0.3) is 10.2 Å². The summed E-state index contributed by atoms with van der Waals surface area (Å²) in [6.45, 7) is 0. The Morgan fingerprint density at radius 3 is 2.52 bits per heavy atom. The molecule has 0 spiro atoms. The number of aromatic nitrogens is 1. The Balaban J connectivity index is 1.89. The van der Waals surface area contributed by atoms with Gasteiger partial charge in [0.1, 0.15) is 11.6 Å². The Kier molecular flexibility index (Phi) is 3.94. The van der Waals surface area contributed by atoms with Crippen molar-refractivity contribution < 1.29 is 8.78 Å². The lowest BCUT2D eigenvalue weighted by atomic mass is 10.0. The van der Waals surface area contributed by atoms with Gasteiger partial charge in [0.25, 0.3) is 0 Å². The van der Waals surface area contributed by atoms with Crippen molar-refractivity contribution in [1.29, 1.82) is 0 Å². The topological polar surface area (TPSA) is 24.9 Å². The number of rotatable bonds is 4. The van der Waals surface area contributed by atoms with Crippen molar-refractivity contribution in [3.63, 3.8) is 0 Å². The van der Waals surface area contributed by atoms with E-state index in [0.29, 0.717) is 12.0 Å². The SMILES string of the molecule is CNC(Cc1nc2ccccc2s1)c1cc(F)cc(F)c1. The van der Waals surface area contributed by atoms with Crippen molar-refractivity contribution >= 4 is 21.6 Å². The maximum absolute atomic E-state index is 13.4. The standard InChI is InChI=1S/C16H14F2N2S/c1-19-14(10-6-11(17)8-12(18)7-10)9-16-20-13-4-2-3-5-15(13)21-16/h2-8,14,19H,9H2,1H3. The second-order valence-corrected chi connectivity index (χ2v) is 5.94. The van der Waals surface area contributed by atoms with Gasteiger partial charge in [-0.15, -0.1) is 11.3 Å². The summed E-state index contributed by atoms with van der Waals surface area (Å²) < 4.78 is 27.8. The molecule has 0 radical (unpaired) electrons. The van der Waals surface area contributed by atoms with E-state index in [2.05, 4.69) is 10.3 Å². The van der Waals surface area contributed by atoms with Crippen molar-refractivity contribution in [2.45, 2.75) is 12.5 Å². The predicted octanol–water partition coefficient (Wildman–Crippen LogP) is 4.08. The van der Waals surface area contributed by atoms with E-state index < -0.39 is 11.6 Å². The van der Waals surface area contributed by atoms with Crippen molar-refractivity contribution in [3.8, 4) is 0 Å². The zero-order chi connectivity index (χ0) is 14.8. The summed E-state index contributed by atoms with van der Waals surface area (Å²) in [7, 11) is 1.78. The number of para-hydroxylation sites is 1. The van der Waals surface area contributed by atoms with Gasteiger partial charge in [-0.3, -0.25) is 0 Å². The van der Waals surface area contributed by atoms with Crippen LogP contribution in [-0.2, 0) is 6.42 Å². The Hall–Kier alpha value is -1.85. The Bertz CT molecular complexity index is 717. The molecule has 0 fully saturated rings. The van der Waals surface area contributed by atoms with Gasteiger partial charge in [0.15, 0.2) is 0 Å². The third-order valence-electron chi connectivity index (χ3n) is 3.35. The van der Waals surface area contributed by atoms with Gasteiger partial charge in [0, 0.05) is 18.5 Å². The number of hydrogen-bond donors (Lipinski definition) is 1. The average molecular weight is 304 g/mol. The first-order chi connectivity index (χ1) is 10.2. The molecule has 3 rings (SSSR count). The molecule has 2 nitrogen and oxygen atoms in total. The van der Waals surface area contributed by atoms with Crippen molar-refractivity contribution in [2.75, 3.05) is 7.05 Å². The van der Waals surface area contributed by atoms with E-state index in [-0.39, 0.29) is 6.04 Å².